The van der Waals surface area contributed by atoms with Crippen LogP contribution in [0.3, 0.4) is 0 Å². The number of carbonyl (C=O) groups is 1. The maximum absolute atomic E-state index is 11.6. The number of benzene rings is 1. The molecule has 2 atom stereocenters. The third-order valence-electron chi connectivity index (χ3n) is 2.82. The summed E-state index contributed by atoms with van der Waals surface area (Å²) in [5.74, 6) is -1.05. The summed E-state index contributed by atoms with van der Waals surface area (Å²) in [5, 5.41) is 35.5. The van der Waals surface area contributed by atoms with Crippen molar-refractivity contribution in [2.45, 2.75) is 12.2 Å². The molecule has 1 aromatic rings. The van der Waals surface area contributed by atoms with Crippen molar-refractivity contribution in [2.75, 3.05) is 13.7 Å². The highest BCUT2D eigenvalue weighted by Gasteiger charge is 2.39. The molecule has 0 aliphatic carbocycles. The van der Waals surface area contributed by atoms with Crippen molar-refractivity contribution in [2.24, 2.45) is 10.2 Å². The van der Waals surface area contributed by atoms with Crippen molar-refractivity contribution in [1.82, 2.24) is 0 Å². The molecule has 0 spiro atoms. The number of methoxy groups -OCH3 is 1. The van der Waals surface area contributed by atoms with E-state index in [-0.39, 0.29) is 0 Å². The van der Waals surface area contributed by atoms with E-state index in [2.05, 4.69) is 10.2 Å². The third kappa shape index (κ3) is 3.01. The average Bonchev–Trinajstić information content (AvgIpc) is 2.79. The summed E-state index contributed by atoms with van der Waals surface area (Å²) in [6.07, 6.45) is -2.76. The molecular formula is C13H14N2O6. The summed E-state index contributed by atoms with van der Waals surface area (Å²) < 4.78 is 9.80. The van der Waals surface area contributed by atoms with E-state index in [1.165, 1.54) is 7.11 Å². The predicted octanol–water partition coefficient (Wildman–Crippen LogP) is 0.827. The minimum absolute atomic E-state index is 0.360. The summed E-state index contributed by atoms with van der Waals surface area (Å²) in [6.45, 7) is -0.668. The van der Waals surface area contributed by atoms with E-state index in [0.717, 1.165) is 0 Å². The lowest BCUT2D eigenvalue weighted by atomic mass is 10.2. The Morgan fingerprint density at radius 3 is 2.76 bits per heavy atom. The van der Waals surface area contributed by atoms with Crippen molar-refractivity contribution < 1.29 is 29.6 Å². The van der Waals surface area contributed by atoms with Crippen LogP contribution in [-0.4, -0.2) is 47.2 Å². The first-order chi connectivity index (χ1) is 10.1. The minimum Gasteiger partial charge on any atom is -0.506 e. The molecule has 0 bridgehead atoms. The molecule has 8 heteroatoms. The highest BCUT2D eigenvalue weighted by atomic mass is 16.6. The fraction of sp³-hybridized carbons (Fsp3) is 0.308. The lowest BCUT2D eigenvalue weighted by molar-refractivity contribution is -0.145. The molecule has 1 aromatic carbocycles. The molecule has 0 radical (unpaired) electrons. The number of aliphatic hydroxyl groups excluding tert-OH is 3. The molecule has 0 aromatic heterocycles. The molecule has 21 heavy (non-hydrogen) atoms. The summed E-state index contributed by atoms with van der Waals surface area (Å²) in [6, 6.07) is 6.72. The zero-order valence-electron chi connectivity index (χ0n) is 11.1. The molecule has 1 heterocycles. The van der Waals surface area contributed by atoms with Gasteiger partial charge in [-0.15, -0.1) is 10.2 Å². The Kier molecular flexibility index (Phi) is 4.51. The number of azo groups is 1. The van der Waals surface area contributed by atoms with Gasteiger partial charge in [-0.05, 0) is 12.1 Å². The van der Waals surface area contributed by atoms with Crippen molar-refractivity contribution in [1.29, 1.82) is 0 Å². The molecule has 0 saturated carbocycles. The van der Waals surface area contributed by atoms with Gasteiger partial charge in [-0.25, -0.2) is 4.79 Å². The Balaban J connectivity index is 2.27. The van der Waals surface area contributed by atoms with E-state index in [9.17, 15) is 15.0 Å². The van der Waals surface area contributed by atoms with Crippen molar-refractivity contribution in [3.63, 3.8) is 0 Å². The monoisotopic (exact) mass is 294 g/mol. The lowest BCUT2D eigenvalue weighted by Gasteiger charge is -2.14. The van der Waals surface area contributed by atoms with Crippen LogP contribution in [0.15, 0.2) is 46.0 Å². The van der Waals surface area contributed by atoms with Crippen LogP contribution in [0.1, 0.15) is 0 Å². The molecule has 0 amide bonds. The maximum atomic E-state index is 11.6. The molecule has 0 saturated heterocycles. The van der Waals surface area contributed by atoms with E-state index in [4.69, 9.17) is 14.6 Å². The number of hydrogen-bond acceptors (Lipinski definition) is 8. The number of aliphatic hydroxyl groups is 3. The predicted molar refractivity (Wildman–Crippen MR) is 70.1 cm³/mol. The van der Waals surface area contributed by atoms with Crippen molar-refractivity contribution >= 4 is 11.7 Å². The fourth-order valence-electron chi connectivity index (χ4n) is 1.73. The quantitative estimate of drug-likeness (QED) is 0.546. The smallest absolute Gasteiger partial charge is 0.363 e. The number of hydrogen-bond donors (Lipinski definition) is 3. The first-order valence-electron chi connectivity index (χ1n) is 6.06. The first-order valence-corrected chi connectivity index (χ1v) is 6.06. The Morgan fingerprint density at radius 1 is 1.38 bits per heavy atom. The molecule has 1 aliphatic heterocycles. The molecule has 0 fully saturated rings. The van der Waals surface area contributed by atoms with Crippen LogP contribution in [0.25, 0.3) is 0 Å². The zero-order chi connectivity index (χ0) is 15.4. The van der Waals surface area contributed by atoms with Crippen LogP contribution >= 0.6 is 0 Å². The number of ether oxygens (including phenoxy) is 2. The Labute approximate surface area is 120 Å². The Morgan fingerprint density at radius 2 is 2.10 bits per heavy atom. The van der Waals surface area contributed by atoms with Gasteiger partial charge in [-0.1, -0.05) is 12.1 Å². The second-order valence-corrected chi connectivity index (χ2v) is 4.18. The molecule has 1 aliphatic rings. The van der Waals surface area contributed by atoms with Crippen LogP contribution in [0.2, 0.25) is 0 Å². The van der Waals surface area contributed by atoms with Gasteiger partial charge in [0.2, 0.25) is 5.70 Å². The minimum atomic E-state index is -1.42. The molecule has 2 rings (SSSR count). The standard InChI is InChI=1S/C13H14N2O6/c1-20-9-5-3-2-4-7(9)14-15-10-11(18)12(8(17)6-16)21-13(10)19/h2-5,8,12,16-18H,6H2,1H3/t8-,12+/m1/s1. The summed E-state index contributed by atoms with van der Waals surface area (Å²) in [4.78, 5) is 11.6. The SMILES string of the molecule is COc1ccccc1N=NC1=C(O)[C@H]([C@H](O)CO)OC1=O. The molecule has 8 nitrogen and oxygen atoms in total. The number of para-hydroxylation sites is 1. The molecular weight excluding hydrogens is 280 g/mol. The van der Waals surface area contributed by atoms with Crippen LogP contribution in [0, 0.1) is 0 Å². The van der Waals surface area contributed by atoms with Gasteiger partial charge in [0.1, 0.15) is 17.5 Å². The number of esters is 1. The van der Waals surface area contributed by atoms with Crippen LogP contribution < -0.4 is 4.74 Å². The lowest BCUT2D eigenvalue weighted by Crippen LogP contribution is -2.31. The fourth-order valence-corrected chi connectivity index (χ4v) is 1.73. The number of rotatable bonds is 5. The van der Waals surface area contributed by atoms with Gasteiger partial charge in [-0.2, -0.15) is 0 Å². The third-order valence-corrected chi connectivity index (χ3v) is 2.82. The average molecular weight is 294 g/mol. The topological polar surface area (TPSA) is 121 Å². The van der Waals surface area contributed by atoms with Crippen molar-refractivity contribution in [3.8, 4) is 5.75 Å². The summed E-state index contributed by atoms with van der Waals surface area (Å²) in [7, 11) is 1.46. The van der Waals surface area contributed by atoms with Gasteiger partial charge in [0.05, 0.1) is 13.7 Å². The van der Waals surface area contributed by atoms with Gasteiger partial charge in [0, 0.05) is 0 Å². The zero-order valence-corrected chi connectivity index (χ0v) is 11.1. The highest BCUT2D eigenvalue weighted by molar-refractivity contribution is 5.91. The van der Waals surface area contributed by atoms with E-state index >= 15 is 0 Å². The van der Waals surface area contributed by atoms with E-state index < -0.39 is 36.2 Å². The Bertz CT molecular complexity index is 598. The normalized spacial score (nSPS) is 20.0. The second kappa shape index (κ2) is 6.33. The van der Waals surface area contributed by atoms with Crippen LogP contribution in [-0.2, 0) is 9.53 Å². The van der Waals surface area contributed by atoms with E-state index in [0.29, 0.717) is 11.4 Å². The van der Waals surface area contributed by atoms with Gasteiger partial charge in [0.15, 0.2) is 11.9 Å². The molecule has 0 unspecified atom stereocenters. The van der Waals surface area contributed by atoms with Gasteiger partial charge in [-0.3, -0.25) is 0 Å². The summed E-state index contributed by atoms with van der Waals surface area (Å²) >= 11 is 0. The van der Waals surface area contributed by atoms with Gasteiger partial charge < -0.3 is 24.8 Å². The second-order valence-electron chi connectivity index (χ2n) is 4.18. The number of nitrogens with zero attached hydrogens (tertiary/aromatic N) is 2. The van der Waals surface area contributed by atoms with Crippen LogP contribution in [0.5, 0.6) is 5.75 Å². The Hall–Kier alpha value is -2.45. The van der Waals surface area contributed by atoms with Gasteiger partial charge in [0.25, 0.3) is 0 Å². The number of carbonyl (C=O) groups excluding carboxylic acids is 1. The molecule has 3 N–H and O–H groups in total. The maximum Gasteiger partial charge on any atom is 0.363 e. The first kappa shape index (κ1) is 14.9. The largest absolute Gasteiger partial charge is 0.506 e. The highest BCUT2D eigenvalue weighted by Crippen LogP contribution is 2.29. The molecule has 112 valence electrons. The van der Waals surface area contributed by atoms with Crippen LogP contribution in [0.4, 0.5) is 5.69 Å². The van der Waals surface area contributed by atoms with Gasteiger partial charge >= 0.3 is 5.97 Å². The van der Waals surface area contributed by atoms with E-state index in [1.807, 2.05) is 0 Å². The summed E-state index contributed by atoms with van der Waals surface area (Å²) in [5.41, 5.74) is -0.0577. The van der Waals surface area contributed by atoms with E-state index in [1.54, 1.807) is 24.3 Å². The van der Waals surface area contributed by atoms with Crippen molar-refractivity contribution in [3.05, 3.63) is 35.7 Å². The number of cyclic esters (lactones) is 1.